The zero-order valence-electron chi connectivity index (χ0n) is 15.4. The molecule has 2 aliphatic rings. The summed E-state index contributed by atoms with van der Waals surface area (Å²) in [6.07, 6.45) is 8.64. The highest BCUT2D eigenvalue weighted by Crippen LogP contribution is 2.29. The van der Waals surface area contributed by atoms with Crippen molar-refractivity contribution in [1.29, 1.82) is 0 Å². The minimum absolute atomic E-state index is 0.00651. The number of carbonyl (C=O) groups is 1. The van der Waals surface area contributed by atoms with E-state index in [-0.39, 0.29) is 35.0 Å². The van der Waals surface area contributed by atoms with Gasteiger partial charge in [-0.1, -0.05) is 30.7 Å². The maximum absolute atomic E-state index is 12.7. The van der Waals surface area contributed by atoms with Crippen molar-refractivity contribution in [2.24, 2.45) is 17.8 Å². The molecule has 0 radical (unpaired) electrons. The molecule has 1 aliphatic carbocycles. The molecule has 0 bridgehead atoms. The first-order valence-corrected chi connectivity index (χ1v) is 11.1. The number of hydrogen-bond donors (Lipinski definition) is 0. The number of nitrogens with zero attached hydrogens (tertiary/aromatic N) is 2. The van der Waals surface area contributed by atoms with Crippen LogP contribution in [-0.2, 0) is 19.6 Å². The first kappa shape index (κ1) is 20.3. The maximum atomic E-state index is 12.7. The zero-order chi connectivity index (χ0) is 19.4. The number of esters is 1. The van der Waals surface area contributed by atoms with Gasteiger partial charge in [-0.3, -0.25) is 4.79 Å². The van der Waals surface area contributed by atoms with Crippen LogP contribution in [0.15, 0.2) is 35.4 Å². The molecule has 1 aliphatic heterocycles. The first-order valence-electron chi connectivity index (χ1n) is 9.32. The van der Waals surface area contributed by atoms with E-state index in [1.807, 2.05) is 0 Å². The predicted molar refractivity (Wildman–Crippen MR) is 103 cm³/mol. The van der Waals surface area contributed by atoms with Gasteiger partial charge in [0.15, 0.2) is 0 Å². The van der Waals surface area contributed by atoms with E-state index in [2.05, 4.69) is 24.1 Å². The van der Waals surface area contributed by atoms with Crippen LogP contribution in [0.25, 0.3) is 0 Å². The van der Waals surface area contributed by atoms with Crippen molar-refractivity contribution < 1.29 is 17.9 Å². The number of ether oxygens (including phenoxy) is 1. The number of sulfonamides is 1. The predicted octanol–water partition coefficient (Wildman–Crippen LogP) is 3.28. The molecule has 2 atom stereocenters. The van der Waals surface area contributed by atoms with Crippen LogP contribution in [0.1, 0.15) is 32.6 Å². The number of piperidine rings is 1. The smallest absolute Gasteiger partial charge is 0.309 e. The standard InChI is InChI=1S/C19H25ClN2O4S/c1-14-5-2-3-6-16(14)13-26-19(23)15-8-11-22(12-9-15)27(24,25)17-7-4-10-21-18(17)20/h2-4,7,10,14-16H,5-6,8-9,11-13H2,1H3/t14-,16-/m0/s1. The average Bonchev–Trinajstić information content (AvgIpc) is 2.67. The normalized spacial score (nSPS) is 24.7. The van der Waals surface area contributed by atoms with E-state index in [0.717, 1.165) is 12.8 Å². The molecule has 8 heteroatoms. The molecule has 1 aromatic rings. The first-order chi connectivity index (χ1) is 12.9. The highest BCUT2D eigenvalue weighted by atomic mass is 35.5. The fraction of sp³-hybridized carbons (Fsp3) is 0.579. The third-order valence-corrected chi connectivity index (χ3v) is 7.83. The molecule has 0 amide bonds. The minimum Gasteiger partial charge on any atom is -0.465 e. The van der Waals surface area contributed by atoms with E-state index < -0.39 is 10.0 Å². The Morgan fingerprint density at radius 3 is 2.67 bits per heavy atom. The van der Waals surface area contributed by atoms with Crippen molar-refractivity contribution in [2.45, 2.75) is 37.5 Å². The summed E-state index contributed by atoms with van der Waals surface area (Å²) in [7, 11) is -3.70. The second-order valence-electron chi connectivity index (χ2n) is 7.28. The van der Waals surface area contributed by atoms with Gasteiger partial charge in [-0.15, -0.1) is 0 Å². The summed E-state index contributed by atoms with van der Waals surface area (Å²) in [5.41, 5.74) is 0. The Bertz CT molecular complexity index is 804. The van der Waals surface area contributed by atoms with Crippen LogP contribution in [-0.4, -0.2) is 43.4 Å². The molecule has 0 saturated carbocycles. The number of allylic oxidation sites excluding steroid dienone is 2. The van der Waals surface area contributed by atoms with Crippen LogP contribution < -0.4 is 0 Å². The van der Waals surface area contributed by atoms with Gasteiger partial charge in [0.1, 0.15) is 10.0 Å². The molecule has 6 nitrogen and oxygen atoms in total. The molecule has 27 heavy (non-hydrogen) atoms. The Hall–Kier alpha value is -1.44. The van der Waals surface area contributed by atoms with E-state index in [4.69, 9.17) is 16.3 Å². The van der Waals surface area contributed by atoms with Gasteiger partial charge < -0.3 is 4.74 Å². The van der Waals surface area contributed by atoms with Crippen LogP contribution in [0, 0.1) is 17.8 Å². The lowest BCUT2D eigenvalue weighted by Gasteiger charge is -2.31. The number of pyridine rings is 1. The largest absolute Gasteiger partial charge is 0.465 e. The minimum atomic E-state index is -3.70. The van der Waals surface area contributed by atoms with Gasteiger partial charge in [-0.25, -0.2) is 13.4 Å². The molecule has 3 rings (SSSR count). The monoisotopic (exact) mass is 412 g/mol. The van der Waals surface area contributed by atoms with Crippen LogP contribution in [0.5, 0.6) is 0 Å². The quantitative estimate of drug-likeness (QED) is 0.421. The van der Waals surface area contributed by atoms with E-state index in [1.165, 1.54) is 16.6 Å². The third-order valence-electron chi connectivity index (χ3n) is 5.49. The molecule has 1 saturated heterocycles. The SMILES string of the molecule is C[C@H]1CC=CC[C@H]1COC(=O)C1CCN(S(=O)(=O)c2cccnc2Cl)CC1. The molecule has 0 N–H and O–H groups in total. The van der Waals surface area contributed by atoms with Gasteiger partial charge in [0, 0.05) is 19.3 Å². The lowest BCUT2D eigenvalue weighted by molar-refractivity contribution is -0.151. The van der Waals surface area contributed by atoms with E-state index >= 15 is 0 Å². The third kappa shape index (κ3) is 4.70. The van der Waals surface area contributed by atoms with Gasteiger partial charge in [0.25, 0.3) is 0 Å². The Kier molecular flexibility index (Phi) is 6.55. The topological polar surface area (TPSA) is 76.6 Å². The summed E-state index contributed by atoms with van der Waals surface area (Å²) in [6.45, 7) is 3.16. The lowest BCUT2D eigenvalue weighted by atomic mass is 9.85. The summed E-state index contributed by atoms with van der Waals surface area (Å²) in [5, 5.41) is -0.0327. The number of aromatic nitrogens is 1. The van der Waals surface area contributed by atoms with Crippen LogP contribution in [0.4, 0.5) is 0 Å². The number of rotatable bonds is 5. The molecule has 0 unspecified atom stereocenters. The molecule has 2 heterocycles. The summed E-state index contributed by atoms with van der Waals surface area (Å²) in [4.78, 5) is 16.2. The van der Waals surface area contributed by atoms with Crippen molar-refractivity contribution >= 4 is 27.6 Å². The van der Waals surface area contributed by atoms with Gasteiger partial charge in [-0.2, -0.15) is 4.31 Å². The molecule has 0 aromatic carbocycles. The van der Waals surface area contributed by atoms with Crippen LogP contribution >= 0.6 is 11.6 Å². The summed E-state index contributed by atoms with van der Waals surface area (Å²) in [6, 6.07) is 3.00. The molecular weight excluding hydrogens is 388 g/mol. The van der Waals surface area contributed by atoms with Crippen LogP contribution in [0.2, 0.25) is 5.15 Å². The Labute approximate surface area is 165 Å². The fourth-order valence-corrected chi connectivity index (χ4v) is 5.48. The Morgan fingerprint density at radius 2 is 2.00 bits per heavy atom. The second-order valence-corrected chi connectivity index (χ2v) is 9.55. The van der Waals surface area contributed by atoms with Crippen molar-refractivity contribution in [3.05, 3.63) is 35.6 Å². The molecule has 148 valence electrons. The highest BCUT2D eigenvalue weighted by Gasteiger charge is 2.34. The summed E-state index contributed by atoms with van der Waals surface area (Å²) < 4.78 is 32.4. The van der Waals surface area contributed by atoms with Crippen LogP contribution in [0.3, 0.4) is 0 Å². The summed E-state index contributed by atoms with van der Waals surface area (Å²) >= 11 is 5.94. The molecular formula is C19H25ClN2O4S. The molecule has 1 aromatic heterocycles. The van der Waals surface area contributed by atoms with Gasteiger partial charge in [-0.05, 0) is 49.7 Å². The average molecular weight is 413 g/mol. The molecule has 0 spiro atoms. The van der Waals surface area contributed by atoms with Gasteiger partial charge in [0.2, 0.25) is 10.0 Å². The number of halogens is 1. The lowest BCUT2D eigenvalue weighted by Crippen LogP contribution is -2.41. The van der Waals surface area contributed by atoms with Crippen molar-refractivity contribution in [3.63, 3.8) is 0 Å². The molecule has 1 fully saturated rings. The Balaban J connectivity index is 1.53. The van der Waals surface area contributed by atoms with Gasteiger partial charge >= 0.3 is 5.97 Å². The van der Waals surface area contributed by atoms with E-state index in [1.54, 1.807) is 6.07 Å². The fourth-order valence-electron chi connectivity index (χ4n) is 3.58. The second kappa shape index (κ2) is 8.71. The highest BCUT2D eigenvalue weighted by molar-refractivity contribution is 7.89. The number of carbonyl (C=O) groups excluding carboxylic acids is 1. The van der Waals surface area contributed by atoms with Gasteiger partial charge in [0.05, 0.1) is 12.5 Å². The van der Waals surface area contributed by atoms with E-state index in [9.17, 15) is 13.2 Å². The van der Waals surface area contributed by atoms with Crippen molar-refractivity contribution in [2.75, 3.05) is 19.7 Å². The van der Waals surface area contributed by atoms with Crippen molar-refractivity contribution in [1.82, 2.24) is 9.29 Å². The summed E-state index contributed by atoms with van der Waals surface area (Å²) in [5.74, 6) is 0.412. The number of hydrogen-bond acceptors (Lipinski definition) is 5. The van der Waals surface area contributed by atoms with Crippen molar-refractivity contribution in [3.8, 4) is 0 Å². The maximum Gasteiger partial charge on any atom is 0.309 e. The zero-order valence-corrected chi connectivity index (χ0v) is 17.0. The van der Waals surface area contributed by atoms with E-state index in [0.29, 0.717) is 31.3 Å². The Morgan fingerprint density at radius 1 is 1.30 bits per heavy atom.